The van der Waals surface area contributed by atoms with E-state index in [1.54, 1.807) is 26.0 Å². The van der Waals surface area contributed by atoms with Crippen LogP contribution in [0.25, 0.3) is 17.4 Å². The highest BCUT2D eigenvalue weighted by Gasteiger charge is 2.37. The SMILES string of the molecule is CC(C)OC(=O)CN1C(=O)SC(=Cc2ccc(-c3ccccc3)o2)C1=O. The summed E-state index contributed by atoms with van der Waals surface area (Å²) in [6.07, 6.45) is 1.20. The zero-order chi connectivity index (χ0) is 18.7. The van der Waals surface area contributed by atoms with Crippen LogP contribution in [0.15, 0.2) is 51.8 Å². The van der Waals surface area contributed by atoms with E-state index in [9.17, 15) is 14.4 Å². The van der Waals surface area contributed by atoms with Gasteiger partial charge in [0.05, 0.1) is 11.0 Å². The van der Waals surface area contributed by atoms with Crippen molar-refractivity contribution in [3.05, 3.63) is 53.1 Å². The Bertz CT molecular complexity index is 869. The number of amides is 2. The van der Waals surface area contributed by atoms with Gasteiger partial charge in [0.1, 0.15) is 18.1 Å². The van der Waals surface area contributed by atoms with Crippen molar-refractivity contribution in [2.45, 2.75) is 20.0 Å². The summed E-state index contributed by atoms with van der Waals surface area (Å²) in [6, 6.07) is 13.1. The third-order valence-corrected chi connectivity index (χ3v) is 4.39. The molecule has 1 aliphatic rings. The highest BCUT2D eigenvalue weighted by molar-refractivity contribution is 8.18. The van der Waals surface area contributed by atoms with Gasteiger partial charge >= 0.3 is 5.97 Å². The molecule has 3 rings (SSSR count). The van der Waals surface area contributed by atoms with Crippen LogP contribution in [0.5, 0.6) is 0 Å². The van der Waals surface area contributed by atoms with Crippen molar-refractivity contribution >= 4 is 35.0 Å². The molecule has 1 aromatic heterocycles. The lowest BCUT2D eigenvalue weighted by atomic mass is 10.2. The van der Waals surface area contributed by atoms with Crippen LogP contribution < -0.4 is 0 Å². The fourth-order valence-corrected chi connectivity index (χ4v) is 3.20. The lowest BCUT2D eigenvalue weighted by molar-refractivity contribution is -0.149. The minimum absolute atomic E-state index is 0.210. The normalized spacial score (nSPS) is 16.0. The maximum Gasteiger partial charge on any atom is 0.326 e. The summed E-state index contributed by atoms with van der Waals surface area (Å²) in [7, 11) is 0. The standard InChI is InChI=1S/C19H17NO5S/c1-12(2)24-17(21)11-20-18(22)16(26-19(20)23)10-14-8-9-15(25-14)13-6-4-3-5-7-13/h3-10,12H,11H2,1-2H3. The number of rotatable bonds is 5. The Kier molecular flexibility index (Phi) is 5.27. The minimum atomic E-state index is -0.618. The molecule has 0 bridgehead atoms. The molecule has 0 radical (unpaired) electrons. The van der Waals surface area contributed by atoms with Crippen LogP contribution in [0, 0.1) is 0 Å². The topological polar surface area (TPSA) is 76.8 Å². The fourth-order valence-electron chi connectivity index (χ4n) is 2.38. The first-order valence-electron chi connectivity index (χ1n) is 8.04. The van der Waals surface area contributed by atoms with Crippen molar-refractivity contribution < 1.29 is 23.5 Å². The molecule has 1 fully saturated rings. The van der Waals surface area contributed by atoms with E-state index < -0.39 is 23.7 Å². The van der Waals surface area contributed by atoms with Gasteiger partial charge in [-0.3, -0.25) is 19.3 Å². The first-order chi connectivity index (χ1) is 12.4. The van der Waals surface area contributed by atoms with Crippen LogP contribution in [0.4, 0.5) is 4.79 Å². The number of ether oxygens (including phenoxy) is 1. The van der Waals surface area contributed by atoms with Gasteiger partial charge in [-0.1, -0.05) is 30.3 Å². The molecule has 0 unspecified atom stereocenters. The van der Waals surface area contributed by atoms with Gasteiger partial charge in [-0.15, -0.1) is 0 Å². The van der Waals surface area contributed by atoms with E-state index in [1.165, 1.54) is 6.08 Å². The largest absolute Gasteiger partial charge is 0.462 e. The first-order valence-corrected chi connectivity index (χ1v) is 8.86. The average Bonchev–Trinajstić information content (AvgIpc) is 3.16. The van der Waals surface area contributed by atoms with E-state index in [0.717, 1.165) is 22.2 Å². The summed E-state index contributed by atoms with van der Waals surface area (Å²) in [5, 5.41) is -0.503. The molecule has 0 N–H and O–H groups in total. The Morgan fingerprint density at radius 2 is 1.92 bits per heavy atom. The molecular weight excluding hydrogens is 354 g/mol. The van der Waals surface area contributed by atoms with Gasteiger partial charge in [0, 0.05) is 11.6 Å². The van der Waals surface area contributed by atoms with E-state index in [1.807, 2.05) is 30.3 Å². The van der Waals surface area contributed by atoms with Crippen molar-refractivity contribution in [2.75, 3.05) is 6.54 Å². The number of furan rings is 1. The number of nitrogens with zero attached hydrogens (tertiary/aromatic N) is 1. The summed E-state index contributed by atoms with van der Waals surface area (Å²) in [4.78, 5) is 37.2. The van der Waals surface area contributed by atoms with Crippen LogP contribution in [0.3, 0.4) is 0 Å². The molecule has 0 aliphatic carbocycles. The summed E-state index contributed by atoms with van der Waals surface area (Å²) in [5.74, 6) is -0.0259. The van der Waals surface area contributed by atoms with Crippen molar-refractivity contribution in [2.24, 2.45) is 0 Å². The highest BCUT2D eigenvalue weighted by Crippen LogP contribution is 2.33. The van der Waals surface area contributed by atoms with Crippen molar-refractivity contribution in [1.82, 2.24) is 4.90 Å². The molecule has 2 aromatic rings. The van der Waals surface area contributed by atoms with E-state index in [4.69, 9.17) is 9.15 Å². The summed E-state index contributed by atoms with van der Waals surface area (Å²) < 4.78 is 10.7. The van der Waals surface area contributed by atoms with Gasteiger partial charge in [0.15, 0.2) is 0 Å². The molecule has 6 nitrogen and oxygen atoms in total. The van der Waals surface area contributed by atoms with Gasteiger partial charge in [-0.25, -0.2) is 0 Å². The molecule has 1 saturated heterocycles. The molecule has 2 amide bonds. The van der Waals surface area contributed by atoms with Crippen molar-refractivity contribution in [3.8, 4) is 11.3 Å². The number of thioether (sulfide) groups is 1. The lowest BCUT2D eigenvalue weighted by Crippen LogP contribution is -2.35. The number of hydrogen-bond donors (Lipinski definition) is 0. The average molecular weight is 371 g/mol. The predicted octanol–water partition coefficient (Wildman–Crippen LogP) is 3.93. The van der Waals surface area contributed by atoms with Gasteiger partial charge in [-0.05, 0) is 37.7 Å². The third kappa shape index (κ3) is 4.05. The molecule has 134 valence electrons. The number of imide groups is 1. The van der Waals surface area contributed by atoms with E-state index in [2.05, 4.69) is 0 Å². The van der Waals surface area contributed by atoms with E-state index >= 15 is 0 Å². The van der Waals surface area contributed by atoms with Crippen LogP contribution in [0.1, 0.15) is 19.6 Å². The minimum Gasteiger partial charge on any atom is -0.462 e. The Morgan fingerprint density at radius 1 is 1.19 bits per heavy atom. The van der Waals surface area contributed by atoms with Crippen molar-refractivity contribution in [1.29, 1.82) is 0 Å². The number of benzene rings is 1. The van der Waals surface area contributed by atoms with Crippen LogP contribution in [0.2, 0.25) is 0 Å². The number of carbonyl (C=O) groups is 3. The lowest BCUT2D eigenvalue weighted by Gasteiger charge is -2.13. The molecule has 1 aliphatic heterocycles. The Balaban J connectivity index is 1.74. The second-order valence-electron chi connectivity index (χ2n) is 5.87. The van der Waals surface area contributed by atoms with Crippen LogP contribution in [-0.2, 0) is 14.3 Å². The van der Waals surface area contributed by atoms with Gasteiger partial charge in [0.2, 0.25) is 0 Å². The second kappa shape index (κ2) is 7.61. The van der Waals surface area contributed by atoms with E-state index in [-0.39, 0.29) is 11.0 Å². The quantitative estimate of drug-likeness (QED) is 0.585. The van der Waals surface area contributed by atoms with Crippen molar-refractivity contribution in [3.63, 3.8) is 0 Å². The number of carbonyl (C=O) groups excluding carboxylic acids is 3. The molecule has 26 heavy (non-hydrogen) atoms. The Morgan fingerprint density at radius 3 is 2.62 bits per heavy atom. The molecule has 0 atom stereocenters. The summed E-state index contributed by atoms with van der Waals surface area (Å²) in [6.45, 7) is 3.01. The maximum absolute atomic E-state index is 12.4. The van der Waals surface area contributed by atoms with Gasteiger partial charge in [-0.2, -0.15) is 0 Å². The Hall–Kier alpha value is -2.80. The molecule has 0 spiro atoms. The maximum atomic E-state index is 12.4. The number of esters is 1. The summed E-state index contributed by atoms with van der Waals surface area (Å²) in [5.41, 5.74) is 0.914. The Labute approximate surface area is 154 Å². The predicted molar refractivity (Wildman–Crippen MR) is 98.0 cm³/mol. The second-order valence-corrected chi connectivity index (χ2v) is 6.87. The number of hydrogen-bond acceptors (Lipinski definition) is 6. The zero-order valence-electron chi connectivity index (χ0n) is 14.3. The fraction of sp³-hybridized carbons (Fsp3) is 0.211. The summed E-state index contributed by atoms with van der Waals surface area (Å²) >= 11 is 0.773. The molecule has 1 aromatic carbocycles. The highest BCUT2D eigenvalue weighted by atomic mass is 32.2. The molecule has 7 heteroatoms. The molecule has 0 saturated carbocycles. The zero-order valence-corrected chi connectivity index (χ0v) is 15.1. The molecular formula is C19H17NO5S. The van der Waals surface area contributed by atoms with Gasteiger partial charge < -0.3 is 9.15 Å². The monoisotopic (exact) mass is 371 g/mol. The third-order valence-electron chi connectivity index (χ3n) is 3.49. The smallest absolute Gasteiger partial charge is 0.326 e. The van der Waals surface area contributed by atoms with E-state index in [0.29, 0.717) is 11.5 Å². The van der Waals surface area contributed by atoms with Gasteiger partial charge in [0.25, 0.3) is 11.1 Å². The van der Waals surface area contributed by atoms with Crippen LogP contribution >= 0.6 is 11.8 Å². The molecule has 2 heterocycles. The van der Waals surface area contributed by atoms with Crippen LogP contribution in [-0.4, -0.2) is 34.7 Å². The first kappa shape index (κ1) is 18.0.